The maximum atomic E-state index is 15.0. The minimum atomic E-state index is -4.79. The van der Waals surface area contributed by atoms with E-state index in [1.807, 2.05) is 19.9 Å². The number of thioether (sulfide) groups is 1. The Morgan fingerprint density at radius 3 is 2.39 bits per heavy atom. The number of amidine groups is 1. The monoisotopic (exact) mass is 654 g/mol. The van der Waals surface area contributed by atoms with Crippen molar-refractivity contribution >= 4 is 40.8 Å². The fourth-order valence-corrected chi connectivity index (χ4v) is 5.33. The number of hydrogen-bond donors (Lipinski definition) is 0. The number of aromatic nitrogens is 3. The normalized spacial score (nSPS) is 15.3. The van der Waals surface area contributed by atoms with Crippen LogP contribution in [0.4, 0.5) is 28.0 Å². The lowest BCUT2D eigenvalue weighted by molar-refractivity contribution is -0.274. The van der Waals surface area contributed by atoms with E-state index in [4.69, 9.17) is 4.74 Å². The van der Waals surface area contributed by atoms with Gasteiger partial charge in [-0.25, -0.2) is 23.8 Å². The number of rotatable bonds is 8. The molecule has 3 aromatic carbocycles. The molecule has 1 unspecified atom stereocenters. The van der Waals surface area contributed by atoms with E-state index in [0.29, 0.717) is 28.5 Å². The zero-order valence-corrected chi connectivity index (χ0v) is 25.4. The lowest BCUT2D eigenvalue weighted by Gasteiger charge is -2.22. The summed E-state index contributed by atoms with van der Waals surface area (Å²) in [4.78, 5) is 38.6. The van der Waals surface area contributed by atoms with Crippen molar-refractivity contribution in [2.45, 2.75) is 32.3 Å². The number of methoxy groups -OCH3 is 1. The molecule has 3 amide bonds. The van der Waals surface area contributed by atoms with Gasteiger partial charge in [-0.1, -0.05) is 55.9 Å². The molecule has 0 radical (unpaired) electrons. The van der Waals surface area contributed by atoms with E-state index < -0.39 is 18.6 Å². The van der Waals surface area contributed by atoms with Crippen molar-refractivity contribution in [3.63, 3.8) is 0 Å². The van der Waals surface area contributed by atoms with Crippen LogP contribution in [0, 0.1) is 0 Å². The lowest BCUT2D eigenvalue weighted by Crippen LogP contribution is -2.30. The van der Waals surface area contributed by atoms with Gasteiger partial charge in [-0.3, -0.25) is 9.69 Å². The van der Waals surface area contributed by atoms with Crippen LogP contribution >= 0.6 is 11.8 Å². The first-order valence-electron chi connectivity index (χ1n) is 13.7. The van der Waals surface area contributed by atoms with E-state index in [2.05, 4.69) is 24.8 Å². The molecule has 1 atom stereocenters. The van der Waals surface area contributed by atoms with Gasteiger partial charge in [0.05, 0.1) is 24.2 Å². The quantitative estimate of drug-likeness (QED) is 0.145. The van der Waals surface area contributed by atoms with Gasteiger partial charge in [-0.05, 0) is 47.4 Å². The zero-order valence-electron chi connectivity index (χ0n) is 24.6. The fourth-order valence-electron chi connectivity index (χ4n) is 4.48. The number of ether oxygens (including phenoxy) is 2. The highest BCUT2D eigenvalue weighted by Crippen LogP contribution is 2.36. The van der Waals surface area contributed by atoms with E-state index in [1.165, 1.54) is 47.3 Å². The Bertz CT molecular complexity index is 1790. The topological polar surface area (TPSA) is 111 Å². The van der Waals surface area contributed by atoms with Gasteiger partial charge >= 0.3 is 12.4 Å². The molecule has 0 bridgehead atoms. The summed E-state index contributed by atoms with van der Waals surface area (Å²) >= 11 is 1.09. The Kier molecular flexibility index (Phi) is 9.51. The number of benzene rings is 3. The van der Waals surface area contributed by atoms with Crippen molar-refractivity contribution in [3.05, 3.63) is 84.2 Å². The zero-order chi connectivity index (χ0) is 33.0. The molecule has 1 aliphatic rings. The van der Waals surface area contributed by atoms with E-state index in [0.717, 1.165) is 35.7 Å². The lowest BCUT2D eigenvalue weighted by atomic mass is 10.00. The molecule has 238 valence electrons. The number of hydrogen-bond acceptors (Lipinski definition) is 7. The summed E-state index contributed by atoms with van der Waals surface area (Å²) in [7, 11) is 1.51. The third-order valence-corrected chi connectivity index (χ3v) is 7.61. The average molecular weight is 655 g/mol. The Labute approximate surface area is 264 Å². The first-order chi connectivity index (χ1) is 21.9. The third kappa shape index (κ3) is 7.59. The van der Waals surface area contributed by atoms with Crippen molar-refractivity contribution in [1.29, 1.82) is 0 Å². The molecule has 0 spiro atoms. The summed E-state index contributed by atoms with van der Waals surface area (Å²) in [6, 6.07) is 15.6. The number of amides is 3. The van der Waals surface area contributed by atoms with Crippen molar-refractivity contribution in [2.75, 3.05) is 17.8 Å². The van der Waals surface area contributed by atoms with Crippen molar-refractivity contribution < 1.29 is 36.6 Å². The number of alkyl halides is 4. The molecule has 0 N–H and O–H groups in total. The predicted molar refractivity (Wildman–Crippen MR) is 166 cm³/mol. The summed E-state index contributed by atoms with van der Waals surface area (Å²) in [5.41, 5.74) is 2.62. The van der Waals surface area contributed by atoms with Crippen molar-refractivity contribution in [2.24, 2.45) is 9.98 Å². The summed E-state index contributed by atoms with van der Waals surface area (Å²) in [5, 5.41) is 4.46. The van der Waals surface area contributed by atoms with Gasteiger partial charge in [-0.2, -0.15) is 4.99 Å². The summed E-state index contributed by atoms with van der Waals surface area (Å²) in [6.07, 6.45) is -4.31. The second kappa shape index (κ2) is 13.5. The molecular weight excluding hydrogens is 628 g/mol. The second-order valence-corrected chi connectivity index (χ2v) is 11.1. The molecular formula is C31H26F4N6O4S. The van der Waals surface area contributed by atoms with Crippen LogP contribution in [-0.2, 0) is 4.79 Å². The van der Waals surface area contributed by atoms with Crippen LogP contribution in [0.2, 0.25) is 0 Å². The van der Waals surface area contributed by atoms with E-state index in [-0.39, 0.29) is 34.1 Å². The largest absolute Gasteiger partial charge is 0.573 e. The minimum absolute atomic E-state index is 0.0713. The Morgan fingerprint density at radius 1 is 1.04 bits per heavy atom. The van der Waals surface area contributed by atoms with Crippen LogP contribution in [0.1, 0.15) is 37.1 Å². The maximum absolute atomic E-state index is 15.0. The van der Waals surface area contributed by atoms with Crippen molar-refractivity contribution in [3.8, 4) is 28.6 Å². The van der Waals surface area contributed by atoms with Gasteiger partial charge < -0.3 is 9.47 Å². The van der Waals surface area contributed by atoms with E-state index >= 15 is 0 Å². The number of urea groups is 1. The first kappa shape index (κ1) is 32.3. The summed E-state index contributed by atoms with van der Waals surface area (Å²) in [5.74, 6) is 0.361. The highest BCUT2D eigenvalue weighted by Gasteiger charge is 2.33. The molecule has 1 fully saturated rings. The highest BCUT2D eigenvalue weighted by molar-refractivity contribution is 8.15. The van der Waals surface area contributed by atoms with Crippen LogP contribution in [0.15, 0.2) is 83.0 Å². The number of aliphatic imine (C=N–C) groups is 2. The molecule has 4 aromatic rings. The number of halogens is 4. The first-order valence-corrected chi connectivity index (χ1v) is 14.7. The van der Waals surface area contributed by atoms with Gasteiger partial charge in [0.15, 0.2) is 17.2 Å². The van der Waals surface area contributed by atoms with Gasteiger partial charge in [0.1, 0.15) is 17.8 Å². The fraction of sp³-hybridized carbons (Fsp3) is 0.226. The summed E-state index contributed by atoms with van der Waals surface area (Å²) < 4.78 is 62.7. The maximum Gasteiger partial charge on any atom is 0.573 e. The smallest absolute Gasteiger partial charge is 0.497 e. The van der Waals surface area contributed by atoms with Gasteiger partial charge in [0.2, 0.25) is 5.91 Å². The molecule has 0 aliphatic carbocycles. The SMILES string of the molecule is COc1ccc(C(C)C)c(N2C(=O)CSC2=NC(=O)N=CC(F)c2ccc(-c3ncn(-c4ccc(OC(F)(F)F)cc4)n3)cc2)c1. The number of anilines is 1. The van der Waals surface area contributed by atoms with E-state index in [9.17, 15) is 27.2 Å². The van der Waals surface area contributed by atoms with Crippen LogP contribution in [-0.4, -0.2) is 57.3 Å². The average Bonchev–Trinajstić information content (AvgIpc) is 3.66. The summed E-state index contributed by atoms with van der Waals surface area (Å²) in [6.45, 7) is 3.95. The Morgan fingerprint density at radius 2 is 1.74 bits per heavy atom. The number of nitrogens with zero attached hydrogens (tertiary/aromatic N) is 6. The number of carbonyl (C=O) groups is 2. The molecule has 15 heteroatoms. The molecule has 1 aliphatic heterocycles. The third-order valence-electron chi connectivity index (χ3n) is 6.69. The van der Waals surface area contributed by atoms with Gasteiger partial charge in [-0.15, -0.1) is 18.3 Å². The molecule has 2 heterocycles. The van der Waals surface area contributed by atoms with E-state index in [1.54, 1.807) is 24.3 Å². The highest BCUT2D eigenvalue weighted by atomic mass is 32.2. The second-order valence-electron chi connectivity index (χ2n) is 10.1. The van der Waals surface area contributed by atoms with Crippen LogP contribution in [0.3, 0.4) is 0 Å². The predicted octanol–water partition coefficient (Wildman–Crippen LogP) is 7.30. The standard InChI is InChI=1S/C31H26F4N6O4S/c1-18(2)24-13-12-23(44-3)14-26(24)41-27(42)16-46-30(41)38-29(43)36-15-25(32)19-4-6-20(7-5-19)28-37-17-40(39-28)21-8-10-22(11-9-21)45-31(33,34)35/h4-15,17-18,25H,16H2,1-3H3. The van der Waals surface area contributed by atoms with Crippen LogP contribution < -0.4 is 14.4 Å². The Hall–Kier alpha value is -5.05. The van der Waals surface area contributed by atoms with Gasteiger partial charge in [0, 0.05) is 17.8 Å². The van der Waals surface area contributed by atoms with Crippen LogP contribution in [0.5, 0.6) is 11.5 Å². The molecule has 46 heavy (non-hydrogen) atoms. The Balaban J connectivity index is 1.25. The molecule has 5 rings (SSSR count). The van der Waals surface area contributed by atoms with Crippen molar-refractivity contribution in [1.82, 2.24) is 14.8 Å². The molecule has 1 aromatic heterocycles. The molecule has 10 nitrogen and oxygen atoms in total. The molecule has 1 saturated heterocycles. The van der Waals surface area contributed by atoms with Gasteiger partial charge in [0.25, 0.3) is 0 Å². The van der Waals surface area contributed by atoms with Crippen LogP contribution in [0.25, 0.3) is 17.1 Å². The molecule has 0 saturated carbocycles. The number of carbonyl (C=O) groups excluding carboxylic acids is 2. The minimum Gasteiger partial charge on any atom is -0.497 e.